The molecule has 0 unspecified atom stereocenters. The number of ether oxygens (including phenoxy) is 1. The third kappa shape index (κ3) is 2.99. The Balaban J connectivity index is 1.65. The molecule has 0 aliphatic heterocycles. The standard InChI is InChI=1S/C18H13FN4O2/c19-13-6-7-16(20-10-13)22-9-8-17-21-14(11-23(17)18(22)24)12-25-15-4-2-1-3-5-15/h1-11H,12H2. The molecule has 0 aliphatic rings. The van der Waals surface area contributed by atoms with Gasteiger partial charge >= 0.3 is 5.69 Å². The lowest BCUT2D eigenvalue weighted by molar-refractivity contribution is 0.302. The fraction of sp³-hybridized carbons (Fsp3) is 0.0556. The number of benzene rings is 1. The predicted octanol–water partition coefficient (Wildman–Crippen LogP) is 2.60. The van der Waals surface area contributed by atoms with Crippen molar-refractivity contribution in [3.05, 3.63) is 89.1 Å². The molecule has 4 aromatic rings. The Labute approximate surface area is 141 Å². The van der Waals surface area contributed by atoms with E-state index in [-0.39, 0.29) is 12.3 Å². The summed E-state index contributed by atoms with van der Waals surface area (Å²) in [5.74, 6) is 0.609. The molecule has 3 heterocycles. The Hall–Kier alpha value is -3.48. The van der Waals surface area contributed by atoms with Crippen molar-refractivity contribution in [1.82, 2.24) is 18.9 Å². The SMILES string of the molecule is O=c1n(-c2ccc(F)cn2)ccc2nc(COc3ccccc3)cn12. The zero-order valence-electron chi connectivity index (χ0n) is 13.0. The minimum absolute atomic E-state index is 0.250. The molecule has 0 amide bonds. The summed E-state index contributed by atoms with van der Waals surface area (Å²) in [6, 6.07) is 13.8. The molecule has 124 valence electrons. The highest BCUT2D eigenvalue weighted by atomic mass is 19.1. The van der Waals surface area contributed by atoms with Crippen LogP contribution in [0.3, 0.4) is 0 Å². The zero-order chi connectivity index (χ0) is 17.2. The van der Waals surface area contributed by atoms with Crippen LogP contribution in [0.5, 0.6) is 5.75 Å². The summed E-state index contributed by atoms with van der Waals surface area (Å²) in [5, 5.41) is 0. The third-order valence-electron chi connectivity index (χ3n) is 3.66. The van der Waals surface area contributed by atoms with Crippen LogP contribution < -0.4 is 10.4 Å². The second-order valence-electron chi connectivity index (χ2n) is 5.37. The van der Waals surface area contributed by atoms with Gasteiger partial charge in [0.15, 0.2) is 0 Å². The Kier molecular flexibility index (Phi) is 3.74. The van der Waals surface area contributed by atoms with E-state index in [4.69, 9.17) is 4.74 Å². The Morgan fingerprint density at radius 3 is 2.68 bits per heavy atom. The van der Waals surface area contributed by atoms with E-state index >= 15 is 0 Å². The lowest BCUT2D eigenvalue weighted by atomic mass is 10.3. The first-order valence-electron chi connectivity index (χ1n) is 7.60. The maximum Gasteiger partial charge on any atom is 0.339 e. The van der Waals surface area contributed by atoms with E-state index < -0.39 is 5.82 Å². The number of nitrogens with zero attached hydrogens (tertiary/aromatic N) is 4. The van der Waals surface area contributed by atoms with E-state index in [0.29, 0.717) is 17.2 Å². The molecule has 0 saturated heterocycles. The smallest absolute Gasteiger partial charge is 0.339 e. The Morgan fingerprint density at radius 2 is 1.92 bits per heavy atom. The highest BCUT2D eigenvalue weighted by Gasteiger charge is 2.09. The van der Waals surface area contributed by atoms with Gasteiger partial charge in [0.1, 0.15) is 29.6 Å². The number of rotatable bonds is 4. The normalized spacial score (nSPS) is 10.9. The van der Waals surface area contributed by atoms with Crippen LogP contribution in [0.2, 0.25) is 0 Å². The lowest BCUT2D eigenvalue weighted by Gasteiger charge is -2.04. The number of fused-ring (bicyclic) bond motifs is 1. The van der Waals surface area contributed by atoms with Crippen LogP contribution in [0.25, 0.3) is 11.5 Å². The molecular weight excluding hydrogens is 323 g/mol. The van der Waals surface area contributed by atoms with E-state index in [0.717, 1.165) is 11.9 Å². The summed E-state index contributed by atoms with van der Waals surface area (Å²) in [5.41, 5.74) is 0.802. The van der Waals surface area contributed by atoms with Gasteiger partial charge in [-0.2, -0.15) is 0 Å². The van der Waals surface area contributed by atoms with Crippen LogP contribution in [0.1, 0.15) is 5.69 Å². The Bertz CT molecular complexity index is 1070. The van der Waals surface area contributed by atoms with Crippen molar-refractivity contribution in [2.45, 2.75) is 6.61 Å². The van der Waals surface area contributed by atoms with Crippen molar-refractivity contribution in [3.63, 3.8) is 0 Å². The van der Waals surface area contributed by atoms with Gasteiger partial charge in [-0.25, -0.2) is 19.2 Å². The van der Waals surface area contributed by atoms with Gasteiger partial charge < -0.3 is 4.74 Å². The second-order valence-corrected chi connectivity index (χ2v) is 5.37. The number of hydrogen-bond donors (Lipinski definition) is 0. The van der Waals surface area contributed by atoms with Gasteiger partial charge in [0.05, 0.1) is 11.9 Å². The topological polar surface area (TPSA) is 61.4 Å². The fourth-order valence-corrected chi connectivity index (χ4v) is 2.47. The lowest BCUT2D eigenvalue weighted by Crippen LogP contribution is -2.24. The van der Waals surface area contributed by atoms with E-state index in [2.05, 4.69) is 9.97 Å². The monoisotopic (exact) mass is 336 g/mol. The summed E-state index contributed by atoms with van der Waals surface area (Å²) in [6.07, 6.45) is 4.26. The molecule has 0 aliphatic carbocycles. The number of halogens is 1. The van der Waals surface area contributed by atoms with Crippen molar-refractivity contribution in [2.24, 2.45) is 0 Å². The molecule has 0 bridgehead atoms. The summed E-state index contributed by atoms with van der Waals surface area (Å²) in [7, 11) is 0. The molecule has 3 aromatic heterocycles. The molecular formula is C18H13FN4O2. The largest absolute Gasteiger partial charge is 0.487 e. The average molecular weight is 336 g/mol. The maximum atomic E-state index is 13.0. The highest BCUT2D eigenvalue weighted by Crippen LogP contribution is 2.12. The first-order valence-corrected chi connectivity index (χ1v) is 7.60. The molecule has 6 nitrogen and oxygen atoms in total. The van der Waals surface area contributed by atoms with Gasteiger partial charge in [-0.05, 0) is 30.3 Å². The predicted molar refractivity (Wildman–Crippen MR) is 89.3 cm³/mol. The first-order chi connectivity index (χ1) is 12.2. The minimum Gasteiger partial charge on any atom is -0.487 e. The van der Waals surface area contributed by atoms with E-state index in [1.807, 2.05) is 30.3 Å². The Morgan fingerprint density at radius 1 is 1.08 bits per heavy atom. The molecule has 0 radical (unpaired) electrons. The maximum absolute atomic E-state index is 13.0. The van der Waals surface area contributed by atoms with Crippen LogP contribution in [0.15, 0.2) is 71.9 Å². The van der Waals surface area contributed by atoms with Crippen molar-refractivity contribution in [2.75, 3.05) is 0 Å². The van der Waals surface area contributed by atoms with Crippen LogP contribution in [-0.4, -0.2) is 18.9 Å². The van der Waals surface area contributed by atoms with Gasteiger partial charge in [-0.3, -0.25) is 8.97 Å². The quantitative estimate of drug-likeness (QED) is 0.575. The summed E-state index contributed by atoms with van der Waals surface area (Å²) >= 11 is 0. The van der Waals surface area contributed by atoms with Crippen molar-refractivity contribution in [3.8, 4) is 11.6 Å². The van der Waals surface area contributed by atoms with E-state index in [1.165, 1.54) is 21.1 Å². The number of pyridine rings is 1. The van der Waals surface area contributed by atoms with Gasteiger partial charge in [-0.1, -0.05) is 18.2 Å². The summed E-state index contributed by atoms with van der Waals surface area (Å²) < 4.78 is 21.4. The van der Waals surface area contributed by atoms with Crippen molar-refractivity contribution < 1.29 is 9.13 Å². The molecule has 0 N–H and O–H groups in total. The fourth-order valence-electron chi connectivity index (χ4n) is 2.47. The zero-order valence-corrected chi connectivity index (χ0v) is 13.0. The van der Waals surface area contributed by atoms with Gasteiger partial charge in [0, 0.05) is 12.4 Å². The molecule has 0 fully saturated rings. The molecule has 7 heteroatoms. The molecule has 1 aromatic carbocycles. The molecule has 0 saturated carbocycles. The van der Waals surface area contributed by atoms with E-state index in [9.17, 15) is 9.18 Å². The van der Waals surface area contributed by atoms with E-state index in [1.54, 1.807) is 18.5 Å². The molecule has 25 heavy (non-hydrogen) atoms. The van der Waals surface area contributed by atoms with Crippen LogP contribution >= 0.6 is 0 Å². The minimum atomic E-state index is -0.458. The summed E-state index contributed by atoms with van der Waals surface area (Å²) in [4.78, 5) is 20.9. The van der Waals surface area contributed by atoms with Crippen LogP contribution in [0, 0.1) is 5.82 Å². The highest BCUT2D eigenvalue weighted by molar-refractivity contribution is 5.39. The number of aromatic nitrogens is 4. The molecule has 0 spiro atoms. The van der Waals surface area contributed by atoms with Crippen LogP contribution in [0.4, 0.5) is 4.39 Å². The third-order valence-corrected chi connectivity index (χ3v) is 3.66. The summed E-state index contributed by atoms with van der Waals surface area (Å²) in [6.45, 7) is 0.250. The number of para-hydroxylation sites is 1. The number of hydrogen-bond acceptors (Lipinski definition) is 4. The van der Waals surface area contributed by atoms with Gasteiger partial charge in [0.2, 0.25) is 0 Å². The molecule has 4 rings (SSSR count). The number of imidazole rings is 1. The first kappa shape index (κ1) is 15.1. The van der Waals surface area contributed by atoms with Gasteiger partial charge in [-0.15, -0.1) is 0 Å². The van der Waals surface area contributed by atoms with Crippen molar-refractivity contribution >= 4 is 5.65 Å². The average Bonchev–Trinajstić information content (AvgIpc) is 3.06. The van der Waals surface area contributed by atoms with Crippen LogP contribution in [-0.2, 0) is 6.61 Å². The van der Waals surface area contributed by atoms with Crippen molar-refractivity contribution in [1.29, 1.82) is 0 Å². The van der Waals surface area contributed by atoms with Gasteiger partial charge in [0.25, 0.3) is 0 Å². The molecule has 0 atom stereocenters. The second kappa shape index (κ2) is 6.20.